The predicted molar refractivity (Wildman–Crippen MR) is 153 cm³/mol. The Balaban J connectivity index is 1.27. The van der Waals surface area contributed by atoms with Gasteiger partial charge in [-0.25, -0.2) is 4.79 Å². The summed E-state index contributed by atoms with van der Waals surface area (Å²) in [5.41, 5.74) is 6.44. The number of para-hydroxylation sites is 1. The minimum Gasteiger partial charge on any atom is -0.454 e. The first-order valence-corrected chi connectivity index (χ1v) is 13.8. The van der Waals surface area contributed by atoms with Gasteiger partial charge in [-0.15, -0.1) is 0 Å². The molecule has 2 aromatic carbocycles. The summed E-state index contributed by atoms with van der Waals surface area (Å²) in [6, 6.07) is 15.2. The van der Waals surface area contributed by atoms with Gasteiger partial charge in [-0.05, 0) is 74.3 Å². The maximum Gasteiger partial charge on any atom is 0.339 e. The van der Waals surface area contributed by atoms with Gasteiger partial charge in [0.1, 0.15) is 0 Å². The van der Waals surface area contributed by atoms with Gasteiger partial charge in [0.05, 0.1) is 11.1 Å². The van der Waals surface area contributed by atoms with Crippen molar-refractivity contribution in [3.05, 3.63) is 82.3 Å². The lowest BCUT2D eigenvalue weighted by atomic mass is 9.70. The summed E-state index contributed by atoms with van der Waals surface area (Å²) in [6.07, 6.45) is 2.63. The number of carbonyl (C=O) groups excluding carboxylic acids is 2. The smallest absolute Gasteiger partial charge is 0.339 e. The Morgan fingerprint density at radius 3 is 2.62 bits per heavy atom. The van der Waals surface area contributed by atoms with Crippen molar-refractivity contribution >= 4 is 22.7 Å². The van der Waals surface area contributed by atoms with Gasteiger partial charge in [-0.1, -0.05) is 39.0 Å². The van der Waals surface area contributed by atoms with E-state index < -0.39 is 5.97 Å². The molecule has 3 heterocycles. The molecule has 0 amide bonds. The highest BCUT2D eigenvalue weighted by Crippen LogP contribution is 2.40. The molecular weight excluding hydrogens is 504 g/mol. The average Bonchev–Trinajstić information content (AvgIpc) is 3.52. The van der Waals surface area contributed by atoms with Gasteiger partial charge < -0.3 is 18.8 Å². The Morgan fingerprint density at radius 1 is 1.05 bits per heavy atom. The second-order valence-electron chi connectivity index (χ2n) is 11.9. The number of Topliss-reactive ketones (excluding diaryl/α,β-unsaturated/α-hetero) is 1. The maximum atomic E-state index is 13.7. The molecule has 2 aliphatic rings. The Hall–Kier alpha value is -4.13. The summed E-state index contributed by atoms with van der Waals surface area (Å²) in [5.74, 6) is 1.09. The molecular formula is C33H34N2O5. The van der Waals surface area contributed by atoms with Crippen molar-refractivity contribution in [1.82, 2.24) is 9.55 Å². The number of rotatable bonds is 5. The van der Waals surface area contributed by atoms with E-state index in [1.54, 1.807) is 0 Å². The molecule has 2 aromatic heterocycles. The quantitative estimate of drug-likeness (QED) is 0.211. The number of ketones is 1. The molecule has 1 aliphatic heterocycles. The van der Waals surface area contributed by atoms with E-state index in [4.69, 9.17) is 19.2 Å². The van der Waals surface area contributed by atoms with Gasteiger partial charge in [-0.3, -0.25) is 9.78 Å². The van der Waals surface area contributed by atoms with Crippen LogP contribution in [0.1, 0.15) is 70.6 Å². The number of pyridine rings is 1. The van der Waals surface area contributed by atoms with Crippen molar-refractivity contribution in [2.75, 3.05) is 13.4 Å². The number of aryl methyl sites for hydroxylation is 2. The number of aromatic nitrogens is 2. The van der Waals surface area contributed by atoms with E-state index in [1.807, 2.05) is 66.9 Å². The van der Waals surface area contributed by atoms with Gasteiger partial charge in [0.15, 0.2) is 18.1 Å². The molecule has 0 saturated carbocycles. The summed E-state index contributed by atoms with van der Waals surface area (Å²) in [7, 11) is 0. The van der Waals surface area contributed by atoms with Crippen LogP contribution in [0.2, 0.25) is 0 Å². The number of hydrogen-bond donors (Lipinski definition) is 0. The van der Waals surface area contributed by atoms with Crippen molar-refractivity contribution in [3.8, 4) is 17.2 Å². The van der Waals surface area contributed by atoms with Crippen LogP contribution >= 0.6 is 0 Å². The summed E-state index contributed by atoms with van der Waals surface area (Å²) in [4.78, 5) is 31.9. The fourth-order valence-corrected chi connectivity index (χ4v) is 6.11. The van der Waals surface area contributed by atoms with Crippen LogP contribution in [0.4, 0.5) is 0 Å². The van der Waals surface area contributed by atoms with E-state index in [-0.39, 0.29) is 24.6 Å². The van der Waals surface area contributed by atoms with Crippen LogP contribution < -0.4 is 9.47 Å². The Kier molecular flexibility index (Phi) is 6.40. The van der Waals surface area contributed by atoms with E-state index in [2.05, 4.69) is 20.8 Å². The number of fused-ring (bicyclic) bond motifs is 3. The Bertz CT molecular complexity index is 1660. The predicted octanol–water partition coefficient (Wildman–Crippen LogP) is 6.56. The number of carbonyl (C=O) groups is 2. The summed E-state index contributed by atoms with van der Waals surface area (Å²) in [6.45, 7) is 10.4. The molecule has 1 aliphatic carbocycles. The third-order valence-corrected chi connectivity index (χ3v) is 8.37. The third kappa shape index (κ3) is 4.53. The highest BCUT2D eigenvalue weighted by Gasteiger charge is 2.33. The molecule has 0 saturated heterocycles. The van der Waals surface area contributed by atoms with Gasteiger partial charge in [0, 0.05) is 39.8 Å². The maximum absolute atomic E-state index is 13.7. The Labute approximate surface area is 234 Å². The molecule has 0 spiro atoms. The normalized spacial score (nSPS) is 16.2. The van der Waals surface area contributed by atoms with Gasteiger partial charge in [0.25, 0.3) is 0 Å². The zero-order chi connectivity index (χ0) is 28.2. The average molecular weight is 539 g/mol. The minimum absolute atomic E-state index is 0.112. The van der Waals surface area contributed by atoms with Crippen LogP contribution in [-0.4, -0.2) is 34.7 Å². The van der Waals surface area contributed by atoms with Crippen LogP contribution in [0.3, 0.4) is 0 Å². The first-order chi connectivity index (χ1) is 19.1. The molecule has 0 N–H and O–H groups in total. The zero-order valence-corrected chi connectivity index (χ0v) is 23.7. The van der Waals surface area contributed by atoms with Crippen LogP contribution in [0.5, 0.6) is 11.5 Å². The van der Waals surface area contributed by atoms with E-state index >= 15 is 0 Å². The van der Waals surface area contributed by atoms with Gasteiger partial charge in [0.2, 0.25) is 12.6 Å². The summed E-state index contributed by atoms with van der Waals surface area (Å²) < 4.78 is 18.7. The van der Waals surface area contributed by atoms with E-state index in [0.29, 0.717) is 28.5 Å². The van der Waals surface area contributed by atoms with E-state index in [9.17, 15) is 9.59 Å². The fourth-order valence-electron chi connectivity index (χ4n) is 6.11. The largest absolute Gasteiger partial charge is 0.454 e. The molecule has 4 aromatic rings. The van der Waals surface area contributed by atoms with Crippen molar-refractivity contribution in [1.29, 1.82) is 0 Å². The molecule has 1 atom stereocenters. The lowest BCUT2D eigenvalue weighted by molar-refractivity contribution is 0.0474. The molecule has 0 radical (unpaired) electrons. The van der Waals surface area contributed by atoms with Crippen molar-refractivity contribution in [3.63, 3.8) is 0 Å². The fraction of sp³-hybridized carbons (Fsp3) is 0.364. The zero-order valence-electron chi connectivity index (χ0n) is 23.7. The summed E-state index contributed by atoms with van der Waals surface area (Å²) in [5, 5.41) is 0.772. The van der Waals surface area contributed by atoms with E-state index in [0.717, 1.165) is 58.5 Å². The molecule has 0 fully saturated rings. The molecule has 6 rings (SSSR count). The summed E-state index contributed by atoms with van der Waals surface area (Å²) >= 11 is 0. The highest BCUT2D eigenvalue weighted by atomic mass is 16.7. The molecule has 0 unspecified atom stereocenters. The first-order valence-electron chi connectivity index (χ1n) is 13.8. The molecule has 40 heavy (non-hydrogen) atoms. The highest BCUT2D eigenvalue weighted by molar-refractivity contribution is 6.06. The number of benzene rings is 2. The monoisotopic (exact) mass is 538 g/mol. The standard InChI is InChI=1S/C33H34N2O5/c1-19-14-24(20(2)35(19)22-11-13-29-30(16-22)40-18-39-29)28(36)17-38-32(37)31-23-8-6-7-9-26(23)34-27-12-10-21(15-25(27)31)33(3,4)5/h6-9,11,13-14,16,21H,10,12,15,17-18H2,1-5H3/t21-/m0/s1. The lowest BCUT2D eigenvalue weighted by Gasteiger charge is -2.35. The SMILES string of the molecule is Cc1cc(C(=O)COC(=O)c2c3c(nc4ccccc24)CC[C@H](C(C)(C)C)C3)c(C)n1-c1ccc2c(c1)OCO2. The van der Waals surface area contributed by atoms with Crippen molar-refractivity contribution < 1.29 is 23.8 Å². The number of ether oxygens (including phenoxy) is 3. The van der Waals surface area contributed by atoms with Crippen LogP contribution in [0, 0.1) is 25.2 Å². The van der Waals surface area contributed by atoms with Crippen molar-refractivity contribution in [2.24, 2.45) is 11.3 Å². The second kappa shape index (κ2) is 9.81. The minimum atomic E-state index is -0.470. The number of hydrogen-bond acceptors (Lipinski definition) is 6. The lowest BCUT2D eigenvalue weighted by Crippen LogP contribution is -2.29. The molecule has 0 bridgehead atoms. The van der Waals surface area contributed by atoms with Crippen LogP contribution in [0.15, 0.2) is 48.5 Å². The molecule has 7 nitrogen and oxygen atoms in total. The number of nitrogens with zero attached hydrogens (tertiary/aromatic N) is 2. The van der Waals surface area contributed by atoms with Crippen LogP contribution in [0.25, 0.3) is 16.6 Å². The molecule has 7 heteroatoms. The Morgan fingerprint density at radius 2 is 1.82 bits per heavy atom. The van der Waals surface area contributed by atoms with Gasteiger partial charge >= 0.3 is 5.97 Å². The molecule has 206 valence electrons. The third-order valence-electron chi connectivity index (χ3n) is 8.37. The van der Waals surface area contributed by atoms with Gasteiger partial charge in [-0.2, -0.15) is 0 Å². The number of esters is 1. The van der Waals surface area contributed by atoms with Crippen LogP contribution in [-0.2, 0) is 17.6 Å². The second-order valence-corrected chi connectivity index (χ2v) is 11.9. The first kappa shape index (κ1) is 26.1. The topological polar surface area (TPSA) is 79.7 Å². The van der Waals surface area contributed by atoms with E-state index in [1.165, 1.54) is 0 Å². The van der Waals surface area contributed by atoms with Crippen molar-refractivity contribution in [2.45, 2.75) is 53.9 Å².